The summed E-state index contributed by atoms with van der Waals surface area (Å²) in [7, 11) is 1.41. The summed E-state index contributed by atoms with van der Waals surface area (Å²) < 4.78 is 4.98. The molecule has 160 valence electrons. The van der Waals surface area contributed by atoms with E-state index in [9.17, 15) is 24.3 Å². The van der Waals surface area contributed by atoms with Crippen molar-refractivity contribution in [3.8, 4) is 11.5 Å². The average Bonchev–Trinajstić information content (AvgIpc) is 3.15. The van der Waals surface area contributed by atoms with Crippen LogP contribution in [0.3, 0.4) is 0 Å². The highest BCUT2D eigenvalue weighted by Crippen LogP contribution is 2.27. The highest BCUT2D eigenvalue weighted by molar-refractivity contribution is 7.15. The zero-order valence-corrected chi connectivity index (χ0v) is 16.6. The van der Waals surface area contributed by atoms with Crippen LogP contribution < -0.4 is 26.7 Å². The number of hydrogen-bond acceptors (Lipinski definition) is 10. The number of carbonyl (C=O) groups is 2. The Hall–Kier alpha value is -4.33. The fourth-order valence-electron chi connectivity index (χ4n) is 2.29. The molecule has 3 rings (SSSR count). The number of aromatic nitrogens is 4. The van der Waals surface area contributed by atoms with Crippen molar-refractivity contribution in [2.24, 2.45) is 5.10 Å². The number of phenols is 1. The number of carbonyl (C=O) groups excluding carboxylic acids is 2. The van der Waals surface area contributed by atoms with E-state index in [0.29, 0.717) is 5.56 Å². The first-order valence-electron chi connectivity index (χ1n) is 8.51. The molecule has 0 atom stereocenters. The van der Waals surface area contributed by atoms with Crippen LogP contribution >= 0.6 is 11.3 Å². The molecule has 0 bridgehead atoms. The third-order valence-electron chi connectivity index (χ3n) is 3.65. The predicted molar refractivity (Wildman–Crippen MR) is 110 cm³/mol. The molecule has 31 heavy (non-hydrogen) atoms. The van der Waals surface area contributed by atoms with Crippen LogP contribution in [0.5, 0.6) is 11.5 Å². The van der Waals surface area contributed by atoms with E-state index in [1.807, 2.05) is 4.98 Å². The molecule has 0 radical (unpaired) electrons. The number of benzene rings is 1. The molecule has 0 aliphatic rings. The van der Waals surface area contributed by atoms with E-state index in [0.717, 1.165) is 17.4 Å². The van der Waals surface area contributed by atoms with Crippen molar-refractivity contribution in [1.82, 2.24) is 25.6 Å². The second-order valence-corrected chi connectivity index (χ2v) is 6.89. The summed E-state index contributed by atoms with van der Waals surface area (Å²) in [4.78, 5) is 50.7. The molecule has 0 fully saturated rings. The molecule has 13 nitrogen and oxygen atoms in total. The van der Waals surface area contributed by atoms with Gasteiger partial charge in [-0.3, -0.25) is 24.7 Å². The normalized spacial score (nSPS) is 10.7. The van der Waals surface area contributed by atoms with Gasteiger partial charge in [-0.15, -0.1) is 10.2 Å². The number of hydrazone groups is 1. The maximum Gasteiger partial charge on any atom is 0.326 e. The van der Waals surface area contributed by atoms with Crippen LogP contribution in [0.15, 0.2) is 39.0 Å². The lowest BCUT2D eigenvalue weighted by Crippen LogP contribution is -2.27. The molecule has 0 aliphatic carbocycles. The zero-order valence-electron chi connectivity index (χ0n) is 15.8. The number of methoxy groups -OCH3 is 1. The number of aromatic hydroxyl groups is 1. The molecular formula is C17H15N7O6S. The fourth-order valence-corrected chi connectivity index (χ4v) is 3.02. The number of nitrogens with zero attached hydrogens (tertiary/aromatic N) is 3. The lowest BCUT2D eigenvalue weighted by molar-refractivity contribution is -0.120. The van der Waals surface area contributed by atoms with E-state index in [4.69, 9.17) is 4.74 Å². The Morgan fingerprint density at radius 1 is 1.29 bits per heavy atom. The zero-order chi connectivity index (χ0) is 22.4. The Labute approximate surface area is 176 Å². The third kappa shape index (κ3) is 5.60. The molecular weight excluding hydrogens is 430 g/mol. The lowest BCUT2D eigenvalue weighted by atomic mass is 10.2. The van der Waals surface area contributed by atoms with Gasteiger partial charge in [0, 0.05) is 11.6 Å². The van der Waals surface area contributed by atoms with Gasteiger partial charge in [-0.2, -0.15) is 5.10 Å². The highest BCUT2D eigenvalue weighted by atomic mass is 32.1. The SMILES string of the molecule is COc1cccc(/C=N\NC(=O)Cc2nnc(NC(=O)c3cc(=O)[nH]c(=O)[nH]3)s2)c1O. The number of anilines is 1. The van der Waals surface area contributed by atoms with E-state index >= 15 is 0 Å². The second-order valence-electron chi connectivity index (χ2n) is 5.82. The van der Waals surface area contributed by atoms with E-state index in [1.54, 1.807) is 18.2 Å². The van der Waals surface area contributed by atoms with Crippen LogP contribution in [0.25, 0.3) is 0 Å². The van der Waals surface area contributed by atoms with Crippen molar-refractivity contribution in [2.45, 2.75) is 6.42 Å². The number of amides is 2. The maximum absolute atomic E-state index is 12.1. The van der Waals surface area contributed by atoms with Crippen molar-refractivity contribution in [2.75, 3.05) is 12.4 Å². The van der Waals surface area contributed by atoms with Crippen LogP contribution in [0.2, 0.25) is 0 Å². The Bertz CT molecular complexity index is 1230. The monoisotopic (exact) mass is 445 g/mol. The molecule has 2 amide bonds. The van der Waals surface area contributed by atoms with Crippen LogP contribution in [0, 0.1) is 0 Å². The first-order chi connectivity index (χ1) is 14.9. The van der Waals surface area contributed by atoms with Crippen molar-refractivity contribution in [3.63, 3.8) is 0 Å². The standard InChI is InChI=1S/C17H15N7O6S/c1-30-10-4-2-3-8(14(10)27)7-18-22-12(26)6-13-23-24-17(31-13)21-15(28)9-5-11(25)20-16(29)19-9/h2-5,7,27H,6H2,1H3,(H,22,26)(H,21,24,28)(H2,19,20,25,29)/b18-7-. The van der Waals surface area contributed by atoms with Crippen molar-refractivity contribution in [3.05, 3.63) is 61.4 Å². The van der Waals surface area contributed by atoms with Crippen molar-refractivity contribution < 1.29 is 19.4 Å². The summed E-state index contributed by atoms with van der Waals surface area (Å²) >= 11 is 0.928. The van der Waals surface area contributed by atoms with Gasteiger partial charge in [0.25, 0.3) is 11.5 Å². The van der Waals surface area contributed by atoms with Crippen LogP contribution in [0.4, 0.5) is 5.13 Å². The molecule has 2 heterocycles. The highest BCUT2D eigenvalue weighted by Gasteiger charge is 2.14. The Kier molecular flexibility index (Phi) is 6.51. The minimum atomic E-state index is -0.824. The molecule has 1 aromatic carbocycles. The van der Waals surface area contributed by atoms with Crippen LogP contribution in [0.1, 0.15) is 21.1 Å². The molecule has 0 saturated heterocycles. The van der Waals surface area contributed by atoms with Gasteiger partial charge in [0.1, 0.15) is 10.7 Å². The number of hydrogen-bond donors (Lipinski definition) is 5. The van der Waals surface area contributed by atoms with Gasteiger partial charge >= 0.3 is 5.69 Å². The molecule has 0 spiro atoms. The van der Waals surface area contributed by atoms with Crippen LogP contribution in [-0.4, -0.2) is 50.4 Å². The lowest BCUT2D eigenvalue weighted by Gasteiger charge is -2.04. The second kappa shape index (κ2) is 9.45. The molecule has 0 saturated carbocycles. The van der Waals surface area contributed by atoms with Gasteiger partial charge in [-0.05, 0) is 12.1 Å². The van der Waals surface area contributed by atoms with E-state index < -0.39 is 23.1 Å². The van der Waals surface area contributed by atoms with Gasteiger partial charge < -0.3 is 14.8 Å². The summed E-state index contributed by atoms with van der Waals surface area (Å²) in [6, 6.07) is 5.73. The van der Waals surface area contributed by atoms with Gasteiger partial charge in [-0.1, -0.05) is 17.4 Å². The summed E-state index contributed by atoms with van der Waals surface area (Å²) in [6.45, 7) is 0. The van der Waals surface area contributed by atoms with Crippen molar-refractivity contribution >= 4 is 34.5 Å². The number of H-pyrrole nitrogens is 2. The molecule has 0 unspecified atom stereocenters. The summed E-state index contributed by atoms with van der Waals surface area (Å²) in [5.74, 6) is -1.12. The predicted octanol–water partition coefficient (Wildman–Crippen LogP) is -0.426. The summed E-state index contributed by atoms with van der Waals surface area (Å²) in [5.41, 5.74) is 0.825. The quantitative estimate of drug-likeness (QED) is 0.239. The molecule has 0 aliphatic heterocycles. The molecule has 14 heteroatoms. The number of aromatic amines is 2. The van der Waals surface area contributed by atoms with Gasteiger partial charge in [0.2, 0.25) is 11.0 Å². The first-order valence-corrected chi connectivity index (χ1v) is 9.32. The Balaban J connectivity index is 1.57. The largest absolute Gasteiger partial charge is 0.504 e. The number of ether oxygens (including phenoxy) is 1. The minimum Gasteiger partial charge on any atom is -0.504 e. The number of phenolic OH excluding ortho intramolecular Hbond substituents is 1. The average molecular weight is 445 g/mol. The van der Waals surface area contributed by atoms with Gasteiger partial charge in [0.15, 0.2) is 11.5 Å². The summed E-state index contributed by atoms with van der Waals surface area (Å²) in [5, 5.41) is 24.0. The van der Waals surface area contributed by atoms with Gasteiger partial charge in [-0.25, -0.2) is 10.2 Å². The first kappa shape index (κ1) is 21.4. The molecule has 5 N–H and O–H groups in total. The Morgan fingerprint density at radius 3 is 2.84 bits per heavy atom. The smallest absolute Gasteiger partial charge is 0.326 e. The van der Waals surface area contributed by atoms with E-state index in [1.165, 1.54) is 13.3 Å². The minimum absolute atomic E-state index is 0.0683. The van der Waals surface area contributed by atoms with Crippen LogP contribution in [-0.2, 0) is 11.2 Å². The maximum atomic E-state index is 12.1. The topological polar surface area (TPSA) is 192 Å². The van der Waals surface area contributed by atoms with Crippen molar-refractivity contribution in [1.29, 1.82) is 0 Å². The molecule has 3 aromatic rings. The summed E-state index contributed by atoms with van der Waals surface area (Å²) in [6.07, 6.45) is 1.08. The van der Waals surface area contributed by atoms with E-state index in [2.05, 4.69) is 31.0 Å². The number of rotatable bonds is 7. The Morgan fingerprint density at radius 2 is 2.10 bits per heavy atom. The fraction of sp³-hybridized carbons (Fsp3) is 0.118. The third-order valence-corrected chi connectivity index (χ3v) is 4.49. The molecule has 2 aromatic heterocycles. The van der Waals surface area contributed by atoms with E-state index in [-0.39, 0.29) is 33.8 Å². The van der Waals surface area contributed by atoms with Gasteiger partial charge in [0.05, 0.1) is 19.7 Å². The number of nitrogens with one attached hydrogen (secondary N) is 4. The number of para-hydroxylation sites is 1.